The molecule has 0 saturated carbocycles. The first-order chi connectivity index (χ1) is 66.3. The van der Waals surface area contributed by atoms with Crippen molar-refractivity contribution in [1.82, 2.24) is 72.6 Å². The Hall–Kier alpha value is -11.3. The summed E-state index contributed by atoms with van der Waals surface area (Å²) in [5, 5.41) is 49.0. The molecule has 6 heterocycles. The molecule has 0 spiro atoms. The molecule has 137 heavy (non-hydrogen) atoms. The van der Waals surface area contributed by atoms with Crippen LogP contribution in [-0.2, 0) is 108 Å². The van der Waals surface area contributed by atoms with Gasteiger partial charge in [-0.25, -0.2) is 0 Å². The number of aromatic amines is 2. The maximum atomic E-state index is 15.8. The number of guanidine groups is 1. The Morgan fingerprint density at radius 1 is 0.569 bits per heavy atom. The lowest BCUT2D eigenvalue weighted by atomic mass is 9.70. The number of carbonyl (C=O) groups excluding carboxylic acids is 10. The van der Waals surface area contributed by atoms with E-state index in [9.17, 15) is 32.7 Å². The van der Waals surface area contributed by atoms with E-state index >= 15 is 28.8 Å². The first kappa shape index (κ1) is 102. The molecule has 17 N–H and O–H groups in total. The summed E-state index contributed by atoms with van der Waals surface area (Å²) in [6.45, 7) is 3.47. The van der Waals surface area contributed by atoms with Gasteiger partial charge in [0.2, 0.25) is 41.4 Å². The number of likely N-dealkylation sites (N-methyl/N-ethyl adjacent to an activating group) is 2. The lowest BCUT2D eigenvalue weighted by molar-refractivity contribution is -0.137. The molecule has 6 aliphatic rings. The normalized spacial score (nSPS) is 25.0. The van der Waals surface area contributed by atoms with Crippen LogP contribution >= 0.6 is 0 Å². The molecule has 3 aliphatic carbocycles. The van der Waals surface area contributed by atoms with Crippen molar-refractivity contribution >= 4 is 114 Å². The number of Topliss-reactive ketones (excluding diaryl/α,β-unsaturated/α-hetero) is 3. The van der Waals surface area contributed by atoms with Gasteiger partial charge < -0.3 is 84.2 Å². The third-order valence-electron chi connectivity index (χ3n) is 28.7. The number of para-hydroxylation sites is 1. The van der Waals surface area contributed by atoms with E-state index in [1.54, 1.807) is 67.1 Å². The van der Waals surface area contributed by atoms with Gasteiger partial charge in [0.15, 0.2) is 23.3 Å². The van der Waals surface area contributed by atoms with Crippen molar-refractivity contribution in [2.45, 2.75) is 221 Å². The summed E-state index contributed by atoms with van der Waals surface area (Å²) in [4.78, 5) is 167. The van der Waals surface area contributed by atoms with Gasteiger partial charge in [0.25, 0.3) is 0 Å². The molecule has 3 aliphatic heterocycles. The Balaban J connectivity index is 0.738. The molecule has 8 aromatic rings. The van der Waals surface area contributed by atoms with Crippen LogP contribution in [0.25, 0.3) is 27.4 Å². The maximum absolute atomic E-state index is 15.8. The van der Waals surface area contributed by atoms with Crippen molar-refractivity contribution < 1.29 is 61.5 Å². The zero-order valence-electron chi connectivity index (χ0n) is 79.0. The fourth-order valence-electron chi connectivity index (χ4n) is 21.7. The summed E-state index contributed by atoms with van der Waals surface area (Å²) >= 11 is 0. The molecule has 3 fully saturated rings. The number of benzene rings is 5. The highest BCUT2D eigenvalue weighted by molar-refractivity contribution is 7.86. The second-order valence-corrected chi connectivity index (χ2v) is 41.9. The molecule has 32 heteroatoms. The summed E-state index contributed by atoms with van der Waals surface area (Å²) in [6.07, 6.45) is 13.7. The van der Waals surface area contributed by atoms with Gasteiger partial charge in [-0.05, 0) is 241 Å². The number of likely N-dealkylation sites (tertiary alicyclic amines) is 2. The fraction of sp³-hybridized carbons (Fsp3) is 0.505. The van der Waals surface area contributed by atoms with Crippen LogP contribution < -0.4 is 59.3 Å². The highest BCUT2D eigenvalue weighted by Gasteiger charge is 2.45. The number of nitrogens with zero attached hydrogens (tertiary/aromatic N) is 3. The number of amides is 7. The number of aliphatic hydroxyl groups excluding tert-OH is 1. The number of hydrogen-bond acceptors (Lipinski definition) is 19. The molecule has 5 aromatic carbocycles. The Morgan fingerprint density at radius 2 is 1.15 bits per heavy atom. The predicted octanol–water partition coefficient (Wildman–Crippen LogP) is 7.39. The minimum Gasteiger partial charge on any atom is -0.393 e. The van der Waals surface area contributed by atoms with Crippen LogP contribution in [0.4, 0.5) is 0 Å². The minimum absolute atomic E-state index is 0.00384. The number of fused-ring (bicyclic) bond motifs is 5. The van der Waals surface area contributed by atoms with Crippen molar-refractivity contribution in [2.24, 2.45) is 41.1 Å². The fourth-order valence-corrected chi connectivity index (χ4v) is 24.2. The molecule has 2 unspecified atom stereocenters. The van der Waals surface area contributed by atoms with E-state index in [0.717, 1.165) is 55.1 Å². The first-order valence-corrected chi connectivity index (χ1v) is 52.1. The van der Waals surface area contributed by atoms with Crippen LogP contribution in [0.15, 0.2) is 164 Å². The monoisotopic (exact) mass is 1910 g/mol. The smallest absolute Gasteiger partial charge is 0.242 e. The molecule has 3 saturated heterocycles. The second-order valence-electron chi connectivity index (χ2n) is 38.9. The van der Waals surface area contributed by atoms with Gasteiger partial charge in [0.1, 0.15) is 17.5 Å². The number of allylic oxidation sites excluding steroid dienone is 1. The number of carbonyl (C=O) groups is 10. The van der Waals surface area contributed by atoms with Gasteiger partial charge in [0.05, 0.1) is 36.2 Å². The zero-order chi connectivity index (χ0) is 96.6. The van der Waals surface area contributed by atoms with Crippen LogP contribution in [0.2, 0.25) is 0 Å². The number of nitrogens with two attached hydrogens (primary N) is 2. The number of rotatable bonds is 34. The van der Waals surface area contributed by atoms with Gasteiger partial charge >= 0.3 is 0 Å². The number of H-pyrrole nitrogens is 2. The first-order valence-electron chi connectivity index (χ1n) is 49.1. The number of unbranched alkanes of at least 4 members (excludes halogenated alkanes) is 2. The van der Waals surface area contributed by atoms with Gasteiger partial charge in [0, 0.05) is 186 Å². The van der Waals surface area contributed by atoms with Crippen molar-refractivity contribution in [3.05, 3.63) is 214 Å². The lowest BCUT2D eigenvalue weighted by Crippen LogP contribution is -2.54. The molecule has 0 radical (unpaired) electrons. The SMILES string of the molecule is C[C@@H](O)[C@@H]1CC(=O)[C@H](CCCCN)NC(=O)[C@@H](Cc2c[nH]c3ccccc23)CC(=O)[C@H](Cc2ccncc2)NC(=O)[C@H](Cc2ccccc2)CC(=O)[C@H](CCCNC(=N)N)NC(=O)[C@H](NC[C@H](CCCCNC(=O)CS(=O)C[C@@H]2C[C@@H]3c4cccc5c4C(=CC5)C[C@H]3N(C)C2)NC(=O)CS(=O)C[C@@H]2C[C@@H]3c4cccc5[nH]cc(c45)C[C@H]3N(C)C2)CCCCNC(=O)[C@H](Cc2ccccc2)NC1=O. The van der Waals surface area contributed by atoms with Gasteiger partial charge in [-0.15, -0.1) is 0 Å². The lowest BCUT2D eigenvalue weighted by Gasteiger charge is -2.46. The molecular weight excluding hydrogens is 1770 g/mol. The highest BCUT2D eigenvalue weighted by Crippen LogP contribution is 2.50. The van der Waals surface area contributed by atoms with Crippen molar-refractivity contribution in [1.29, 1.82) is 5.41 Å². The van der Waals surface area contributed by atoms with E-state index in [1.165, 1.54) is 45.7 Å². The Labute approximate surface area is 807 Å². The van der Waals surface area contributed by atoms with Crippen LogP contribution in [-0.4, -0.2) is 240 Å². The van der Waals surface area contributed by atoms with E-state index in [4.69, 9.17) is 16.9 Å². The molecule has 0 bridgehead atoms. The van der Waals surface area contributed by atoms with Crippen molar-refractivity contribution in [3.8, 4) is 0 Å². The summed E-state index contributed by atoms with van der Waals surface area (Å²) in [7, 11) is 1.22. The number of aromatic nitrogens is 3. The predicted molar refractivity (Wildman–Crippen MR) is 534 cm³/mol. The van der Waals surface area contributed by atoms with E-state index in [1.807, 2.05) is 48.5 Å². The third-order valence-corrected chi connectivity index (χ3v) is 31.6. The molecule has 732 valence electrons. The average molecular weight is 1910 g/mol. The molecule has 7 amide bonds. The molecule has 14 rings (SSSR count). The van der Waals surface area contributed by atoms with Gasteiger partial charge in [-0.3, -0.25) is 66.8 Å². The van der Waals surface area contributed by atoms with Crippen molar-refractivity contribution in [3.63, 3.8) is 0 Å². The standard InChI is InChI=1S/C105H137N17O13S2/c1-65(123)81-55-95(126)85(31-12-15-39-106)117-101(130)74(50-75-56-113-84-30-11-10-27-78(75)84)54-94(125)89(48-68-37-43-109-44-38-68)119-100(129)73(45-66-21-6-4-7-22-66)53-93(124)86(34-20-42-112-105(107)108)118-104(133)88(32-14-17-41-111-103(132)90(120-102(81)131)49-67-23-8-5-9-24-67)115-58-77(116-97(128)64-137(135)62-70-47-83-80-29-19-33-87-99(80)76(57-114-87)52-92(83)122(3)60-70)26-13-16-40-110-96(127)63-136(134)61-69-46-82-79-28-18-25-71-35-36-72(98(71)79)51-91(82)121(2)59-69/h4-11,18-19,21-25,27-30,33,36-38,43-44,56-57,65,69-70,73-74,77,81-83,85-86,88-92,113-115,123H,12-17,20,26,31-32,34-35,39-42,45-55,58-64,106H2,1-3H3,(H,110,127)(H,111,132)(H,116,128)(H,117,130)(H,118,133)(H,119,129)(H,120,131)(H4,107,108,112)/t65-,69-,70-,73-,74+,77+,81+,82-,83-,85+,86+,88-,89+,90+,91-,92-,136?,137?/m1/s1. The summed E-state index contributed by atoms with van der Waals surface area (Å²) in [6, 6.07) is 35.5. The molecule has 3 aromatic heterocycles. The largest absolute Gasteiger partial charge is 0.393 e. The number of pyridine rings is 1. The topological polar surface area (TPSA) is 460 Å². The average Bonchev–Trinajstić information content (AvgIpc) is 1.66. The molecular formula is C105H137N17O13S2. The van der Waals surface area contributed by atoms with Crippen molar-refractivity contribution in [2.75, 3.05) is 82.9 Å². The van der Waals surface area contributed by atoms with E-state index in [0.29, 0.717) is 78.6 Å². The van der Waals surface area contributed by atoms with Crippen LogP contribution in [0.5, 0.6) is 0 Å². The maximum Gasteiger partial charge on any atom is 0.242 e. The second kappa shape index (κ2) is 49.3. The van der Waals surface area contributed by atoms with Crippen LogP contribution in [0, 0.1) is 35.0 Å². The Morgan fingerprint density at radius 3 is 1.86 bits per heavy atom. The van der Waals surface area contributed by atoms with Crippen LogP contribution in [0.1, 0.15) is 178 Å². The quantitative estimate of drug-likeness (QED) is 0.0106. The van der Waals surface area contributed by atoms with E-state index < -0.39 is 154 Å². The zero-order valence-corrected chi connectivity index (χ0v) is 80.7. The van der Waals surface area contributed by atoms with E-state index in [2.05, 4.69) is 135 Å². The number of piperidine rings is 2. The number of aliphatic hydroxyl groups is 1. The van der Waals surface area contributed by atoms with Gasteiger partial charge in [-0.2, -0.15) is 0 Å². The van der Waals surface area contributed by atoms with E-state index in [-0.39, 0.29) is 150 Å². The molecule has 18 atom stereocenters. The summed E-state index contributed by atoms with van der Waals surface area (Å²) in [5.74, 6) is -9.15. The Bertz CT molecular complexity index is 5620. The molecule has 30 nitrogen and oxygen atoms in total. The minimum atomic E-state index is -1.61. The number of nitrogens with one attached hydrogen (secondary N) is 12. The van der Waals surface area contributed by atoms with Crippen LogP contribution in [0.3, 0.4) is 0 Å². The number of hydrogen-bond donors (Lipinski definition) is 15. The highest BCUT2D eigenvalue weighted by atomic mass is 32.2. The summed E-state index contributed by atoms with van der Waals surface area (Å²) < 4.78 is 28.5. The van der Waals surface area contributed by atoms with Gasteiger partial charge in [-0.1, -0.05) is 115 Å². The Kier molecular flexibility index (Phi) is 36.6. The third kappa shape index (κ3) is 27.9. The number of ketones is 3. The summed E-state index contributed by atoms with van der Waals surface area (Å²) in [5.41, 5.74) is 24.4.